The Kier molecular flexibility index (Phi) is 6.94. The van der Waals surface area contributed by atoms with Gasteiger partial charge < -0.3 is 14.2 Å². The number of nitrogens with zero attached hydrogens (tertiary/aromatic N) is 3. The van der Waals surface area contributed by atoms with E-state index in [0.29, 0.717) is 30.0 Å². The molecule has 1 aromatic heterocycles. The van der Waals surface area contributed by atoms with Crippen LogP contribution < -0.4 is 9.64 Å². The second-order valence-corrected chi connectivity index (χ2v) is 10.6. The van der Waals surface area contributed by atoms with Crippen molar-refractivity contribution in [3.05, 3.63) is 29.8 Å². The Bertz CT molecular complexity index is 911. The molecule has 0 spiro atoms. The van der Waals surface area contributed by atoms with Crippen molar-refractivity contribution in [2.75, 3.05) is 30.3 Å². The smallest absolute Gasteiger partial charge is 0.324 e. The quantitative estimate of drug-likeness (QED) is 0.549. The predicted octanol–water partition coefficient (Wildman–Crippen LogP) is 4.78. The number of piperidine rings is 1. The average molecular weight is 450 g/mol. The van der Waals surface area contributed by atoms with Gasteiger partial charge in [0.25, 0.3) is 0 Å². The molecule has 8 heteroatoms. The Labute approximate surface area is 186 Å². The van der Waals surface area contributed by atoms with Gasteiger partial charge in [-0.05, 0) is 55.6 Å². The van der Waals surface area contributed by atoms with Gasteiger partial charge in [-0.2, -0.15) is 4.98 Å². The van der Waals surface area contributed by atoms with Crippen LogP contribution in [0.3, 0.4) is 0 Å². The van der Waals surface area contributed by atoms with Crippen molar-refractivity contribution >= 4 is 16.8 Å². The molecule has 1 aliphatic heterocycles. The monoisotopic (exact) mass is 449 g/mol. The zero-order valence-corrected chi connectivity index (χ0v) is 19.4. The zero-order valence-electron chi connectivity index (χ0n) is 18.6. The number of hydrogen-bond acceptors (Lipinski definition) is 6. The summed E-state index contributed by atoms with van der Waals surface area (Å²) in [5.41, 5.74) is 0. The molecule has 2 fully saturated rings. The molecule has 1 aliphatic carbocycles. The maximum absolute atomic E-state index is 14.1. The Morgan fingerprint density at radius 3 is 2.74 bits per heavy atom. The van der Waals surface area contributed by atoms with Gasteiger partial charge in [0.1, 0.15) is 11.6 Å². The lowest BCUT2D eigenvalue weighted by Gasteiger charge is -2.30. The molecule has 3 atom stereocenters. The van der Waals surface area contributed by atoms with Crippen molar-refractivity contribution in [2.24, 2.45) is 17.8 Å². The first-order valence-electron chi connectivity index (χ1n) is 11.4. The topological polar surface area (TPSA) is 68.5 Å². The van der Waals surface area contributed by atoms with E-state index in [2.05, 4.69) is 28.9 Å². The van der Waals surface area contributed by atoms with Crippen LogP contribution in [0.2, 0.25) is 0 Å². The van der Waals surface area contributed by atoms with Crippen LogP contribution in [0.1, 0.15) is 58.2 Å². The van der Waals surface area contributed by atoms with E-state index < -0.39 is 16.6 Å². The minimum absolute atomic E-state index is 0.254. The molecule has 31 heavy (non-hydrogen) atoms. The normalized spacial score (nSPS) is 22.7. The van der Waals surface area contributed by atoms with E-state index in [1.807, 2.05) is 0 Å². The van der Waals surface area contributed by atoms with Gasteiger partial charge in [0.2, 0.25) is 0 Å². The molecule has 3 unspecified atom stereocenters. The lowest BCUT2D eigenvalue weighted by atomic mass is 9.90. The van der Waals surface area contributed by atoms with Crippen molar-refractivity contribution in [1.29, 1.82) is 0 Å². The van der Waals surface area contributed by atoms with Crippen LogP contribution in [-0.4, -0.2) is 39.8 Å². The Morgan fingerprint density at radius 1 is 1.32 bits per heavy atom. The highest BCUT2D eigenvalue weighted by atomic mass is 32.2. The number of hydrogen-bond donors (Lipinski definition) is 0. The first-order valence-corrected chi connectivity index (χ1v) is 12.7. The summed E-state index contributed by atoms with van der Waals surface area (Å²) in [6.45, 7) is 8.44. The largest absolute Gasteiger partial charge is 0.493 e. The van der Waals surface area contributed by atoms with E-state index in [-0.39, 0.29) is 10.8 Å². The summed E-state index contributed by atoms with van der Waals surface area (Å²) >= 11 is 0. The molecule has 2 aromatic rings. The Morgan fingerprint density at radius 2 is 2.10 bits per heavy atom. The first kappa shape index (κ1) is 22.2. The summed E-state index contributed by atoms with van der Waals surface area (Å²) in [6.07, 6.45) is 4.57. The molecule has 6 nitrogen and oxygen atoms in total. The molecular weight excluding hydrogens is 417 g/mol. The van der Waals surface area contributed by atoms with Crippen molar-refractivity contribution in [1.82, 2.24) is 10.1 Å². The lowest BCUT2D eigenvalue weighted by Crippen LogP contribution is -2.34. The van der Waals surface area contributed by atoms with Crippen LogP contribution in [-0.2, 0) is 10.8 Å². The molecule has 4 rings (SSSR count). The molecule has 1 saturated heterocycles. The molecule has 2 heterocycles. The number of anilines is 1. The summed E-state index contributed by atoms with van der Waals surface area (Å²) in [6, 6.07) is 5.30. The van der Waals surface area contributed by atoms with Gasteiger partial charge in [-0.25, -0.2) is 4.39 Å². The summed E-state index contributed by atoms with van der Waals surface area (Å²) in [4.78, 5) is 6.98. The molecule has 1 aromatic carbocycles. The fourth-order valence-corrected chi connectivity index (χ4v) is 5.34. The highest BCUT2D eigenvalue weighted by molar-refractivity contribution is 7.85. The van der Waals surface area contributed by atoms with Crippen LogP contribution in [0, 0.1) is 23.6 Å². The molecule has 0 N–H and O–H groups in total. The van der Waals surface area contributed by atoms with Crippen LogP contribution >= 0.6 is 0 Å². The predicted molar refractivity (Wildman–Crippen MR) is 118 cm³/mol. The van der Waals surface area contributed by atoms with Gasteiger partial charge in [0, 0.05) is 30.8 Å². The van der Waals surface area contributed by atoms with E-state index in [4.69, 9.17) is 9.26 Å². The van der Waals surface area contributed by atoms with Gasteiger partial charge in [0.15, 0.2) is 5.82 Å². The zero-order chi connectivity index (χ0) is 22.0. The SMILES string of the molecule is CCS(=O)c1ccc(OCCC2CC2C2CCN(c3nc(C(C)C)no3)CC2)cc1F. The summed E-state index contributed by atoms with van der Waals surface area (Å²) in [7, 11) is -1.28. The third-order valence-electron chi connectivity index (χ3n) is 6.51. The third-order valence-corrected chi connectivity index (χ3v) is 7.85. The number of ether oxygens (including phenoxy) is 1. The van der Waals surface area contributed by atoms with Gasteiger partial charge in [-0.1, -0.05) is 25.9 Å². The molecule has 2 aliphatic rings. The highest BCUT2D eigenvalue weighted by Gasteiger charge is 2.43. The standard InChI is InChI=1S/C23H32FN3O3S/c1-4-31(28)21-6-5-18(14-20(21)24)29-12-9-17-13-19(17)16-7-10-27(11-8-16)23-25-22(15(2)3)26-30-23/h5-6,14-17,19H,4,7-13H2,1-3H3. The van der Waals surface area contributed by atoms with Crippen molar-refractivity contribution in [2.45, 2.75) is 57.3 Å². The van der Waals surface area contributed by atoms with Crippen molar-refractivity contribution < 1.29 is 17.9 Å². The number of aromatic nitrogens is 2. The molecule has 170 valence electrons. The average Bonchev–Trinajstić information content (AvgIpc) is 3.36. The minimum Gasteiger partial charge on any atom is -0.493 e. The van der Waals surface area contributed by atoms with Crippen molar-refractivity contribution in [3.63, 3.8) is 0 Å². The van der Waals surface area contributed by atoms with Gasteiger partial charge in [-0.3, -0.25) is 4.21 Å². The van der Waals surface area contributed by atoms with Gasteiger partial charge in [-0.15, -0.1) is 0 Å². The summed E-state index contributed by atoms with van der Waals surface area (Å²) < 4.78 is 37.1. The fourth-order valence-electron chi connectivity index (χ4n) is 4.53. The molecule has 1 saturated carbocycles. The molecule has 0 radical (unpaired) electrons. The Hall–Kier alpha value is -1.96. The van der Waals surface area contributed by atoms with E-state index in [1.165, 1.54) is 12.5 Å². The van der Waals surface area contributed by atoms with Crippen molar-refractivity contribution in [3.8, 4) is 5.75 Å². The minimum atomic E-state index is -1.28. The maximum atomic E-state index is 14.1. The number of rotatable bonds is 9. The molecule has 0 amide bonds. The third kappa shape index (κ3) is 5.27. The summed E-state index contributed by atoms with van der Waals surface area (Å²) in [5, 5.41) is 4.07. The van der Waals surface area contributed by atoms with E-state index in [1.54, 1.807) is 19.1 Å². The number of halogens is 1. The van der Waals surface area contributed by atoms with Gasteiger partial charge >= 0.3 is 6.01 Å². The maximum Gasteiger partial charge on any atom is 0.324 e. The molecule has 0 bridgehead atoms. The molecular formula is C23H32FN3O3S. The van der Waals surface area contributed by atoms with E-state index >= 15 is 0 Å². The van der Waals surface area contributed by atoms with Crippen LogP contribution in [0.15, 0.2) is 27.6 Å². The second kappa shape index (κ2) is 9.67. The first-order chi connectivity index (χ1) is 15.0. The van der Waals surface area contributed by atoms with Crippen LogP contribution in [0.25, 0.3) is 0 Å². The second-order valence-electron chi connectivity index (χ2n) is 8.94. The number of benzene rings is 1. The Balaban J connectivity index is 1.18. The van der Waals surface area contributed by atoms with Crippen LogP contribution in [0.4, 0.5) is 10.4 Å². The van der Waals surface area contributed by atoms with Crippen LogP contribution in [0.5, 0.6) is 5.75 Å². The summed E-state index contributed by atoms with van der Waals surface area (Å²) in [5.74, 6) is 3.74. The van der Waals surface area contributed by atoms with E-state index in [0.717, 1.165) is 50.0 Å². The van der Waals surface area contributed by atoms with E-state index in [9.17, 15) is 8.60 Å². The fraction of sp³-hybridized carbons (Fsp3) is 0.652. The lowest BCUT2D eigenvalue weighted by molar-refractivity contribution is 0.281. The van der Waals surface area contributed by atoms with Gasteiger partial charge in [0.05, 0.1) is 22.3 Å². The highest BCUT2D eigenvalue weighted by Crippen LogP contribution is 2.50.